The van der Waals surface area contributed by atoms with Crippen molar-refractivity contribution >= 4 is 5.82 Å². The molecule has 1 aromatic heterocycles. The Bertz CT molecular complexity index is 410. The Balaban J connectivity index is 1.65. The van der Waals surface area contributed by atoms with Crippen LogP contribution in [0.15, 0.2) is 6.33 Å². The Kier molecular flexibility index (Phi) is 3.46. The number of hydrogen-bond donors (Lipinski definition) is 2. The van der Waals surface area contributed by atoms with Crippen molar-refractivity contribution in [2.24, 2.45) is 0 Å². The van der Waals surface area contributed by atoms with Crippen LogP contribution in [0.1, 0.15) is 43.4 Å². The van der Waals surface area contributed by atoms with Gasteiger partial charge in [-0.1, -0.05) is 0 Å². The second kappa shape index (κ2) is 5.22. The van der Waals surface area contributed by atoms with Crippen molar-refractivity contribution in [1.29, 1.82) is 0 Å². The van der Waals surface area contributed by atoms with E-state index < -0.39 is 0 Å². The molecular formula is C14H22N4. The van der Waals surface area contributed by atoms with Crippen LogP contribution in [0.5, 0.6) is 0 Å². The van der Waals surface area contributed by atoms with Gasteiger partial charge in [-0.05, 0) is 52.0 Å². The number of nitrogens with one attached hydrogen (secondary N) is 2. The summed E-state index contributed by atoms with van der Waals surface area (Å²) < 4.78 is 0. The van der Waals surface area contributed by atoms with Gasteiger partial charge in [0, 0.05) is 23.3 Å². The summed E-state index contributed by atoms with van der Waals surface area (Å²) in [7, 11) is 2.07. The fraction of sp³-hybridized carbons (Fsp3) is 0.714. The lowest BCUT2D eigenvalue weighted by Crippen LogP contribution is -2.35. The zero-order valence-corrected chi connectivity index (χ0v) is 11.1. The molecule has 1 aromatic rings. The lowest BCUT2D eigenvalue weighted by molar-refractivity contribution is 0.371. The van der Waals surface area contributed by atoms with E-state index in [4.69, 9.17) is 0 Å². The quantitative estimate of drug-likeness (QED) is 0.855. The average molecular weight is 246 g/mol. The van der Waals surface area contributed by atoms with Gasteiger partial charge in [0.2, 0.25) is 0 Å². The number of rotatable bonds is 3. The van der Waals surface area contributed by atoms with Crippen molar-refractivity contribution in [3.8, 4) is 0 Å². The van der Waals surface area contributed by atoms with E-state index >= 15 is 0 Å². The smallest absolute Gasteiger partial charge is 0.133 e. The predicted octanol–water partition coefficient (Wildman–Crippen LogP) is 1.91. The third kappa shape index (κ3) is 2.34. The Hall–Kier alpha value is -1.16. The number of hydrogen-bond acceptors (Lipinski definition) is 4. The van der Waals surface area contributed by atoms with Gasteiger partial charge < -0.3 is 10.6 Å². The van der Waals surface area contributed by atoms with Crippen LogP contribution in [0, 0.1) is 0 Å². The van der Waals surface area contributed by atoms with Gasteiger partial charge in [-0.25, -0.2) is 9.97 Å². The third-order valence-corrected chi connectivity index (χ3v) is 4.35. The highest BCUT2D eigenvalue weighted by Crippen LogP contribution is 2.28. The molecule has 2 N–H and O–H groups in total. The highest BCUT2D eigenvalue weighted by molar-refractivity contribution is 5.48. The second-order valence-electron chi connectivity index (χ2n) is 5.48. The molecule has 0 aromatic carbocycles. The topological polar surface area (TPSA) is 49.8 Å². The molecule has 18 heavy (non-hydrogen) atoms. The van der Waals surface area contributed by atoms with Gasteiger partial charge in [-0.3, -0.25) is 0 Å². The fourth-order valence-corrected chi connectivity index (χ4v) is 3.20. The van der Waals surface area contributed by atoms with Crippen molar-refractivity contribution in [1.82, 2.24) is 15.3 Å². The van der Waals surface area contributed by atoms with Crippen LogP contribution in [0.25, 0.3) is 0 Å². The minimum Gasteiger partial charge on any atom is -0.367 e. The van der Waals surface area contributed by atoms with Crippen LogP contribution in [-0.4, -0.2) is 29.1 Å². The van der Waals surface area contributed by atoms with Gasteiger partial charge in [0.25, 0.3) is 0 Å². The largest absolute Gasteiger partial charge is 0.367 e. The first-order valence-corrected chi connectivity index (χ1v) is 7.13. The Morgan fingerprint density at radius 2 is 1.83 bits per heavy atom. The first kappa shape index (κ1) is 11.9. The van der Waals surface area contributed by atoms with Crippen LogP contribution in [0.3, 0.4) is 0 Å². The maximum Gasteiger partial charge on any atom is 0.133 e. The fourth-order valence-electron chi connectivity index (χ4n) is 3.20. The van der Waals surface area contributed by atoms with E-state index in [0.717, 1.165) is 18.7 Å². The van der Waals surface area contributed by atoms with E-state index in [2.05, 4.69) is 27.6 Å². The van der Waals surface area contributed by atoms with Crippen molar-refractivity contribution in [3.05, 3.63) is 17.6 Å². The third-order valence-electron chi connectivity index (χ3n) is 4.35. The highest BCUT2D eigenvalue weighted by atomic mass is 15.0. The summed E-state index contributed by atoms with van der Waals surface area (Å²) in [5, 5.41) is 7.02. The molecule has 1 heterocycles. The Morgan fingerprint density at radius 1 is 1.06 bits per heavy atom. The summed E-state index contributed by atoms with van der Waals surface area (Å²) in [5.74, 6) is 1.10. The molecule has 0 atom stereocenters. The van der Waals surface area contributed by atoms with Gasteiger partial charge in [0.15, 0.2) is 0 Å². The molecule has 2 aliphatic rings. The summed E-state index contributed by atoms with van der Waals surface area (Å²) in [6.45, 7) is 0. The number of anilines is 1. The van der Waals surface area contributed by atoms with E-state index in [0.29, 0.717) is 12.1 Å². The minimum atomic E-state index is 0.592. The van der Waals surface area contributed by atoms with E-state index in [1.807, 2.05) is 0 Å². The predicted molar refractivity (Wildman–Crippen MR) is 72.8 cm³/mol. The van der Waals surface area contributed by atoms with Crippen molar-refractivity contribution < 1.29 is 0 Å². The molecule has 4 heteroatoms. The van der Waals surface area contributed by atoms with E-state index in [1.165, 1.54) is 43.4 Å². The molecule has 3 rings (SSSR count). The number of fused-ring (bicyclic) bond motifs is 1. The monoisotopic (exact) mass is 246 g/mol. The molecule has 4 nitrogen and oxygen atoms in total. The molecule has 1 saturated carbocycles. The SMILES string of the molecule is CNC1CCC(Nc2ncnc3c2CCC3)CC1. The van der Waals surface area contributed by atoms with E-state index in [1.54, 1.807) is 6.33 Å². The maximum absolute atomic E-state index is 4.45. The molecular weight excluding hydrogens is 224 g/mol. The first-order chi connectivity index (χ1) is 8.86. The summed E-state index contributed by atoms with van der Waals surface area (Å²) in [5.41, 5.74) is 2.63. The van der Waals surface area contributed by atoms with Crippen molar-refractivity contribution in [3.63, 3.8) is 0 Å². The molecule has 0 radical (unpaired) electrons. The van der Waals surface area contributed by atoms with E-state index in [9.17, 15) is 0 Å². The molecule has 1 fully saturated rings. The normalized spacial score (nSPS) is 26.9. The molecule has 0 unspecified atom stereocenters. The van der Waals surface area contributed by atoms with Gasteiger partial charge in [-0.15, -0.1) is 0 Å². The Labute approximate surface area is 109 Å². The average Bonchev–Trinajstić information content (AvgIpc) is 2.89. The summed E-state index contributed by atoms with van der Waals surface area (Å²) in [6, 6.07) is 1.30. The second-order valence-corrected chi connectivity index (χ2v) is 5.48. The van der Waals surface area contributed by atoms with Gasteiger partial charge >= 0.3 is 0 Å². The molecule has 0 bridgehead atoms. The number of aryl methyl sites for hydroxylation is 1. The van der Waals surface area contributed by atoms with Crippen molar-refractivity contribution in [2.75, 3.05) is 12.4 Å². The molecule has 0 saturated heterocycles. The van der Waals surface area contributed by atoms with Gasteiger partial charge in [0.1, 0.15) is 12.1 Å². The van der Waals surface area contributed by atoms with Crippen molar-refractivity contribution in [2.45, 2.75) is 57.0 Å². The summed E-state index contributed by atoms with van der Waals surface area (Å²) in [4.78, 5) is 8.82. The van der Waals surface area contributed by atoms with E-state index in [-0.39, 0.29) is 0 Å². The van der Waals surface area contributed by atoms with Gasteiger partial charge in [-0.2, -0.15) is 0 Å². The summed E-state index contributed by atoms with van der Waals surface area (Å²) >= 11 is 0. The van der Waals surface area contributed by atoms with Crippen LogP contribution in [0.2, 0.25) is 0 Å². The zero-order valence-electron chi connectivity index (χ0n) is 11.1. The van der Waals surface area contributed by atoms with Crippen LogP contribution in [0.4, 0.5) is 5.82 Å². The maximum atomic E-state index is 4.45. The van der Waals surface area contributed by atoms with Crippen LogP contribution in [-0.2, 0) is 12.8 Å². The lowest BCUT2D eigenvalue weighted by Gasteiger charge is -2.29. The standard InChI is InChI=1S/C14H22N4/c1-15-10-5-7-11(8-6-10)18-14-12-3-2-4-13(12)16-9-17-14/h9-11,15H,2-8H2,1H3,(H,16,17,18). The zero-order chi connectivity index (χ0) is 12.4. The highest BCUT2D eigenvalue weighted by Gasteiger charge is 2.23. The molecule has 0 spiro atoms. The molecule has 98 valence electrons. The molecule has 0 amide bonds. The Morgan fingerprint density at radius 3 is 2.61 bits per heavy atom. The molecule has 2 aliphatic carbocycles. The summed E-state index contributed by atoms with van der Waals surface area (Å²) in [6.07, 6.45) is 10.2. The van der Waals surface area contributed by atoms with Gasteiger partial charge in [0.05, 0.1) is 0 Å². The number of nitrogens with zero attached hydrogens (tertiary/aromatic N) is 2. The minimum absolute atomic E-state index is 0.592. The lowest BCUT2D eigenvalue weighted by atomic mass is 9.91. The van der Waals surface area contributed by atoms with Crippen LogP contribution < -0.4 is 10.6 Å². The first-order valence-electron chi connectivity index (χ1n) is 7.13. The molecule has 0 aliphatic heterocycles. The number of aromatic nitrogens is 2. The van der Waals surface area contributed by atoms with Crippen LogP contribution >= 0.6 is 0 Å².